The first-order chi connectivity index (χ1) is 15.7. The summed E-state index contributed by atoms with van der Waals surface area (Å²) in [5.41, 5.74) is 1.98. The number of aryl methyl sites for hydroxylation is 1. The maximum absolute atomic E-state index is 13.2. The average Bonchev–Trinajstić information content (AvgIpc) is 3.61. The molecule has 6 nitrogen and oxygen atoms in total. The van der Waals surface area contributed by atoms with Crippen LogP contribution in [0.25, 0.3) is 0 Å². The molecule has 0 radical (unpaired) electrons. The van der Waals surface area contributed by atoms with Gasteiger partial charge in [-0.2, -0.15) is 13.2 Å². The molecule has 0 heterocycles. The molecule has 33 heavy (non-hydrogen) atoms. The fourth-order valence-corrected chi connectivity index (χ4v) is 3.35. The maximum atomic E-state index is 13.2. The van der Waals surface area contributed by atoms with Gasteiger partial charge in [0.1, 0.15) is 13.7 Å². The van der Waals surface area contributed by atoms with Gasteiger partial charge in [-0.25, -0.2) is 4.79 Å². The van der Waals surface area contributed by atoms with Crippen LogP contribution in [0.4, 0.5) is 13.2 Å². The van der Waals surface area contributed by atoms with Gasteiger partial charge in [-0.1, -0.05) is 40.6 Å². The number of nitrogens with zero attached hydrogens (tertiary/aromatic N) is 2. The van der Waals surface area contributed by atoms with Crippen molar-refractivity contribution in [2.75, 3.05) is 14.2 Å². The third kappa shape index (κ3) is 6.34. The summed E-state index contributed by atoms with van der Waals surface area (Å²) in [5, 5.41) is 7.99. The molecule has 1 aliphatic rings. The molecule has 0 saturated heterocycles. The van der Waals surface area contributed by atoms with Gasteiger partial charge in [0.2, 0.25) is 0 Å². The van der Waals surface area contributed by atoms with Crippen molar-refractivity contribution in [1.29, 1.82) is 0 Å². The van der Waals surface area contributed by atoms with Gasteiger partial charge in [-0.05, 0) is 55.4 Å². The minimum atomic E-state index is -4.44. The van der Waals surface area contributed by atoms with Crippen LogP contribution in [-0.4, -0.2) is 31.6 Å². The molecule has 0 atom stereocenters. The number of carbonyl (C=O) groups excluding carboxylic acids is 1. The van der Waals surface area contributed by atoms with Crippen LogP contribution in [0.3, 0.4) is 0 Å². The number of oxime groups is 2. The molecule has 3 rings (SSSR count). The number of hydrogen-bond donors (Lipinski definition) is 0. The first kappa shape index (κ1) is 24.3. The van der Waals surface area contributed by atoms with Crippen molar-refractivity contribution in [3.63, 3.8) is 0 Å². The van der Waals surface area contributed by atoms with Crippen molar-refractivity contribution in [3.05, 3.63) is 70.3 Å². The maximum Gasteiger partial charge on any atom is 0.416 e. The molecule has 2 aromatic rings. The number of rotatable bonds is 9. The van der Waals surface area contributed by atoms with Crippen LogP contribution in [0, 0.1) is 12.8 Å². The van der Waals surface area contributed by atoms with Gasteiger partial charge in [0.25, 0.3) is 0 Å². The van der Waals surface area contributed by atoms with Crippen molar-refractivity contribution in [3.8, 4) is 0 Å². The summed E-state index contributed by atoms with van der Waals surface area (Å²) in [6.45, 7) is 1.82. The van der Waals surface area contributed by atoms with E-state index in [1.807, 2.05) is 13.0 Å². The molecule has 9 heteroatoms. The lowest BCUT2D eigenvalue weighted by atomic mass is 9.99. The zero-order valence-corrected chi connectivity index (χ0v) is 18.6. The quantitative estimate of drug-likeness (QED) is 0.290. The predicted molar refractivity (Wildman–Crippen MR) is 117 cm³/mol. The zero-order valence-electron chi connectivity index (χ0n) is 18.6. The van der Waals surface area contributed by atoms with Gasteiger partial charge in [0.15, 0.2) is 5.71 Å². The van der Waals surface area contributed by atoms with Crippen LogP contribution < -0.4 is 0 Å². The average molecular weight is 462 g/mol. The Kier molecular flexibility index (Phi) is 7.73. The molecule has 1 saturated carbocycles. The number of halogens is 3. The third-order valence-electron chi connectivity index (χ3n) is 5.31. The highest BCUT2D eigenvalue weighted by Crippen LogP contribution is 2.35. The highest BCUT2D eigenvalue weighted by Gasteiger charge is 2.31. The molecule has 0 spiro atoms. The van der Waals surface area contributed by atoms with E-state index < -0.39 is 17.7 Å². The summed E-state index contributed by atoms with van der Waals surface area (Å²) < 4.78 is 44.3. The second-order valence-corrected chi connectivity index (χ2v) is 7.75. The Bertz CT molecular complexity index is 1060. The van der Waals surface area contributed by atoms with E-state index >= 15 is 0 Å². The van der Waals surface area contributed by atoms with E-state index in [1.54, 1.807) is 18.2 Å². The van der Waals surface area contributed by atoms with Gasteiger partial charge >= 0.3 is 12.1 Å². The predicted octanol–water partition coefficient (Wildman–Crippen LogP) is 5.26. The topological polar surface area (TPSA) is 69.5 Å². The molecular weight excluding hydrogens is 437 g/mol. The first-order valence-electron chi connectivity index (χ1n) is 10.4. The molecule has 0 amide bonds. The van der Waals surface area contributed by atoms with Crippen LogP contribution in [0.2, 0.25) is 0 Å². The Morgan fingerprint density at radius 2 is 1.82 bits per heavy atom. The van der Waals surface area contributed by atoms with E-state index in [9.17, 15) is 18.0 Å². The van der Waals surface area contributed by atoms with E-state index in [2.05, 4.69) is 10.3 Å². The molecule has 0 aromatic heterocycles. The summed E-state index contributed by atoms with van der Waals surface area (Å²) >= 11 is 0. The molecule has 2 aromatic carbocycles. The largest absolute Gasteiger partial charge is 0.464 e. The van der Waals surface area contributed by atoms with Gasteiger partial charge in [-0.3, -0.25) is 0 Å². The van der Waals surface area contributed by atoms with Crippen LogP contribution in [0.5, 0.6) is 0 Å². The van der Waals surface area contributed by atoms with E-state index in [0.29, 0.717) is 34.7 Å². The molecule has 0 N–H and O–H groups in total. The third-order valence-corrected chi connectivity index (χ3v) is 5.31. The van der Waals surface area contributed by atoms with E-state index in [4.69, 9.17) is 14.4 Å². The molecular formula is C24H25F3N2O4. The Morgan fingerprint density at radius 3 is 2.45 bits per heavy atom. The zero-order chi connectivity index (χ0) is 24.0. The number of carbonyl (C=O) groups is 1. The Balaban J connectivity index is 1.89. The van der Waals surface area contributed by atoms with Crippen LogP contribution >= 0.6 is 0 Å². The Hall–Kier alpha value is -3.36. The van der Waals surface area contributed by atoms with E-state index in [0.717, 1.165) is 30.5 Å². The number of benzene rings is 2. The first-order valence-corrected chi connectivity index (χ1v) is 10.4. The minimum absolute atomic E-state index is 0.0190. The molecule has 0 unspecified atom stereocenters. The SMILES string of the molecule is CO/N=C(/C(=O)OC)c1cccc(C)c1CO/N=C(\CC1CC1)c1cccc(C(F)(F)F)c1. The van der Waals surface area contributed by atoms with E-state index in [-0.39, 0.29) is 12.3 Å². The lowest BCUT2D eigenvalue weighted by molar-refractivity contribution is -0.137. The highest BCUT2D eigenvalue weighted by molar-refractivity contribution is 6.43. The standard InChI is InChI=1S/C24H25F3N2O4/c1-15-6-4-9-19(22(29-32-3)23(30)31-2)20(15)14-33-28-21(12-16-10-11-16)17-7-5-8-18(13-17)24(25,26)27/h4-9,13,16H,10-12,14H2,1-3H3/b28-21+,29-22+. The van der Waals surface area contributed by atoms with Crippen molar-refractivity contribution in [1.82, 2.24) is 0 Å². The monoisotopic (exact) mass is 462 g/mol. The summed E-state index contributed by atoms with van der Waals surface area (Å²) in [6, 6.07) is 10.4. The fraction of sp³-hybridized carbons (Fsp3) is 0.375. The smallest absolute Gasteiger partial charge is 0.416 e. The van der Waals surface area contributed by atoms with Crippen molar-refractivity contribution in [2.24, 2.45) is 16.2 Å². The highest BCUT2D eigenvalue weighted by atomic mass is 19.4. The second kappa shape index (κ2) is 10.5. The van der Waals surface area contributed by atoms with Crippen molar-refractivity contribution >= 4 is 17.4 Å². The molecule has 0 bridgehead atoms. The molecule has 0 aliphatic heterocycles. The van der Waals surface area contributed by atoms with Crippen LogP contribution in [0.1, 0.15) is 47.1 Å². The van der Waals surface area contributed by atoms with Gasteiger partial charge < -0.3 is 14.4 Å². The molecule has 1 fully saturated rings. The summed E-state index contributed by atoms with van der Waals surface area (Å²) in [5.74, 6) is -0.290. The van der Waals surface area contributed by atoms with Crippen molar-refractivity contribution < 1.29 is 32.4 Å². The number of ether oxygens (including phenoxy) is 1. The van der Waals surface area contributed by atoms with E-state index in [1.165, 1.54) is 20.3 Å². The molecule has 1 aliphatic carbocycles. The summed E-state index contributed by atoms with van der Waals surface area (Å²) in [4.78, 5) is 22.6. The lowest BCUT2D eigenvalue weighted by Gasteiger charge is -2.13. The summed E-state index contributed by atoms with van der Waals surface area (Å²) in [6.07, 6.45) is -1.89. The van der Waals surface area contributed by atoms with Crippen molar-refractivity contribution in [2.45, 2.75) is 39.0 Å². The minimum Gasteiger partial charge on any atom is -0.464 e. The number of hydrogen-bond acceptors (Lipinski definition) is 6. The number of methoxy groups -OCH3 is 1. The van der Waals surface area contributed by atoms with Crippen LogP contribution in [0.15, 0.2) is 52.8 Å². The second-order valence-electron chi connectivity index (χ2n) is 7.75. The van der Waals surface area contributed by atoms with Gasteiger partial charge in [-0.15, -0.1) is 0 Å². The van der Waals surface area contributed by atoms with Gasteiger partial charge in [0.05, 0.1) is 18.4 Å². The normalized spacial score (nSPS) is 14.7. The Morgan fingerprint density at radius 1 is 1.09 bits per heavy atom. The number of esters is 1. The van der Waals surface area contributed by atoms with Crippen LogP contribution in [-0.2, 0) is 32.0 Å². The van der Waals surface area contributed by atoms with Gasteiger partial charge in [0, 0.05) is 11.1 Å². The fourth-order valence-electron chi connectivity index (χ4n) is 3.35. The number of alkyl halides is 3. The Labute approximate surface area is 190 Å². The lowest BCUT2D eigenvalue weighted by Crippen LogP contribution is -2.20. The summed E-state index contributed by atoms with van der Waals surface area (Å²) in [7, 11) is 2.56. The molecule has 176 valence electrons.